The number of carbonyl (C=O) groups is 2. The van der Waals surface area contributed by atoms with Crippen LogP contribution in [0.2, 0.25) is 0 Å². The molecule has 0 bridgehead atoms. The van der Waals surface area contributed by atoms with Crippen LogP contribution in [0, 0.1) is 0 Å². The largest absolute Gasteiger partial charge is 0.480 e. The fraction of sp³-hybridized carbons (Fsp3) is 0.308. The number of rotatable bonds is 3. The van der Waals surface area contributed by atoms with Gasteiger partial charge in [-0.2, -0.15) is 0 Å². The van der Waals surface area contributed by atoms with Crippen molar-refractivity contribution < 1.29 is 14.7 Å². The molecule has 0 saturated carbocycles. The van der Waals surface area contributed by atoms with Crippen LogP contribution in [0.3, 0.4) is 0 Å². The van der Waals surface area contributed by atoms with E-state index >= 15 is 0 Å². The lowest BCUT2D eigenvalue weighted by Crippen LogP contribution is -2.41. The summed E-state index contributed by atoms with van der Waals surface area (Å²) >= 11 is 5.02. The molecule has 0 aromatic heterocycles. The molecule has 1 N–H and O–H groups in total. The zero-order valence-corrected chi connectivity index (χ0v) is 10.5. The van der Waals surface area contributed by atoms with Gasteiger partial charge < -0.3 is 10.0 Å². The van der Waals surface area contributed by atoms with Crippen LogP contribution >= 0.6 is 12.2 Å². The predicted octanol–water partition coefficient (Wildman–Crippen LogP) is 1.28. The van der Waals surface area contributed by atoms with Crippen LogP contribution < -0.4 is 0 Å². The third-order valence-electron chi connectivity index (χ3n) is 2.95. The highest BCUT2D eigenvalue weighted by atomic mass is 32.1. The minimum absolute atomic E-state index is 0.187. The number of hydrogen-bond donors (Lipinski definition) is 1. The lowest BCUT2D eigenvalue weighted by molar-refractivity contribution is -0.148. The first-order valence-electron chi connectivity index (χ1n) is 5.66. The fourth-order valence-corrected chi connectivity index (χ4v) is 2.34. The number of thiocarbonyl (C=S) groups is 1. The van der Waals surface area contributed by atoms with Crippen molar-refractivity contribution in [2.24, 2.45) is 0 Å². The number of carboxylic acids is 1. The molecule has 0 radical (unpaired) electrons. The number of amides is 1. The molecule has 2 rings (SSSR count). The summed E-state index contributed by atoms with van der Waals surface area (Å²) in [6.07, 6.45) is 0.498. The van der Waals surface area contributed by atoms with Crippen molar-refractivity contribution in [3.8, 4) is 0 Å². The summed E-state index contributed by atoms with van der Waals surface area (Å²) in [4.78, 5) is 25.1. The molecule has 5 heteroatoms. The van der Waals surface area contributed by atoms with E-state index in [0.717, 1.165) is 5.56 Å². The number of aliphatic carboxylic acids is 1. The Morgan fingerprint density at radius 1 is 1.33 bits per heavy atom. The molecule has 1 amide bonds. The van der Waals surface area contributed by atoms with E-state index < -0.39 is 12.0 Å². The molecule has 1 aromatic carbocycles. The van der Waals surface area contributed by atoms with E-state index in [9.17, 15) is 9.59 Å². The molecule has 1 aliphatic heterocycles. The fourth-order valence-electron chi connectivity index (χ4n) is 2.05. The third-order valence-corrected chi connectivity index (χ3v) is 3.24. The molecule has 4 nitrogen and oxygen atoms in total. The van der Waals surface area contributed by atoms with Gasteiger partial charge in [0.2, 0.25) is 5.91 Å². The zero-order chi connectivity index (χ0) is 13.1. The molecule has 1 atom stereocenters. The first-order chi connectivity index (χ1) is 8.58. The summed E-state index contributed by atoms with van der Waals surface area (Å²) < 4.78 is 0. The number of carbonyl (C=O) groups excluding carboxylic acids is 1. The summed E-state index contributed by atoms with van der Waals surface area (Å²) in [6, 6.07) is 8.48. The van der Waals surface area contributed by atoms with Gasteiger partial charge >= 0.3 is 5.97 Å². The lowest BCUT2D eigenvalue weighted by Gasteiger charge is -2.20. The molecule has 1 aromatic rings. The van der Waals surface area contributed by atoms with Crippen LogP contribution in [0.1, 0.15) is 12.0 Å². The Morgan fingerprint density at radius 3 is 2.61 bits per heavy atom. The zero-order valence-electron chi connectivity index (χ0n) is 9.70. The average Bonchev–Trinajstić information content (AvgIpc) is 2.73. The molecular formula is C13H13NO3S. The molecule has 1 heterocycles. The number of carboxylic acid groups (broad SMARTS) is 1. The van der Waals surface area contributed by atoms with Gasteiger partial charge in [-0.25, -0.2) is 4.79 Å². The average molecular weight is 263 g/mol. The van der Waals surface area contributed by atoms with E-state index in [1.807, 2.05) is 30.3 Å². The van der Waals surface area contributed by atoms with Crippen molar-refractivity contribution >= 4 is 29.0 Å². The number of nitrogens with zero attached hydrogens (tertiary/aromatic N) is 1. The summed E-state index contributed by atoms with van der Waals surface area (Å²) in [6.45, 7) is 0.276. The molecule has 1 aliphatic rings. The minimum Gasteiger partial charge on any atom is -0.480 e. The lowest BCUT2D eigenvalue weighted by atomic mass is 10.1. The highest BCUT2D eigenvalue weighted by molar-refractivity contribution is 7.80. The van der Waals surface area contributed by atoms with Gasteiger partial charge in [0.05, 0.1) is 13.0 Å². The Bertz CT molecular complexity index is 486. The Labute approximate surface area is 110 Å². The van der Waals surface area contributed by atoms with Crippen molar-refractivity contribution in [3.05, 3.63) is 35.9 Å². The summed E-state index contributed by atoms with van der Waals surface area (Å²) in [5.41, 5.74) is 0.879. The molecule has 94 valence electrons. The first-order valence-corrected chi connectivity index (χ1v) is 6.06. The molecule has 1 saturated heterocycles. The molecule has 0 spiro atoms. The van der Waals surface area contributed by atoms with Gasteiger partial charge in [0.1, 0.15) is 6.04 Å². The Balaban J connectivity index is 2.09. The van der Waals surface area contributed by atoms with E-state index in [2.05, 4.69) is 0 Å². The third kappa shape index (κ3) is 2.73. The van der Waals surface area contributed by atoms with Crippen molar-refractivity contribution in [3.63, 3.8) is 0 Å². The van der Waals surface area contributed by atoms with Crippen molar-refractivity contribution in [1.29, 1.82) is 0 Å². The van der Waals surface area contributed by atoms with E-state index in [4.69, 9.17) is 17.3 Å². The second-order valence-electron chi connectivity index (χ2n) is 4.28. The monoisotopic (exact) mass is 263 g/mol. The van der Waals surface area contributed by atoms with Crippen LogP contribution in [-0.4, -0.2) is 39.3 Å². The maximum absolute atomic E-state index is 12.1. The molecule has 1 fully saturated rings. The number of benzene rings is 1. The second kappa shape index (κ2) is 5.27. The molecular weight excluding hydrogens is 250 g/mol. The van der Waals surface area contributed by atoms with Gasteiger partial charge in [-0.1, -0.05) is 42.5 Å². The Hall–Kier alpha value is -1.75. The highest BCUT2D eigenvalue weighted by Crippen LogP contribution is 2.17. The Kier molecular flexibility index (Phi) is 3.72. The Morgan fingerprint density at radius 2 is 2.00 bits per heavy atom. The highest BCUT2D eigenvalue weighted by Gasteiger charge is 2.36. The van der Waals surface area contributed by atoms with Gasteiger partial charge in [0.25, 0.3) is 0 Å². The number of hydrogen-bond acceptors (Lipinski definition) is 3. The molecule has 18 heavy (non-hydrogen) atoms. The van der Waals surface area contributed by atoms with E-state index in [1.165, 1.54) is 4.90 Å². The summed E-state index contributed by atoms with van der Waals surface area (Å²) in [7, 11) is 0. The van der Waals surface area contributed by atoms with Gasteiger partial charge in [-0.05, 0) is 5.56 Å². The quantitative estimate of drug-likeness (QED) is 0.835. The van der Waals surface area contributed by atoms with Crippen molar-refractivity contribution in [2.45, 2.75) is 18.9 Å². The van der Waals surface area contributed by atoms with Crippen LogP contribution in [0.5, 0.6) is 0 Å². The SMILES string of the molecule is O=C(O)[C@@H]1CC(=S)CN1C(=O)Cc1ccccc1. The standard InChI is InChI=1S/C13H13NO3S/c15-12(6-9-4-2-1-3-5-9)14-8-10(18)7-11(14)13(16)17/h1-5,11H,6-8H2,(H,16,17)/t11-/m0/s1. The van der Waals surface area contributed by atoms with Gasteiger partial charge in [-0.15, -0.1) is 0 Å². The smallest absolute Gasteiger partial charge is 0.326 e. The summed E-state index contributed by atoms with van der Waals surface area (Å²) in [5, 5.41) is 9.06. The minimum atomic E-state index is -0.990. The molecule has 0 aliphatic carbocycles. The normalized spacial score (nSPS) is 19.0. The maximum Gasteiger partial charge on any atom is 0.326 e. The van der Waals surface area contributed by atoms with Crippen molar-refractivity contribution in [2.75, 3.05) is 6.54 Å². The van der Waals surface area contributed by atoms with Gasteiger partial charge in [-0.3, -0.25) is 4.79 Å². The molecule has 0 unspecified atom stereocenters. The second-order valence-corrected chi connectivity index (χ2v) is 4.86. The number of likely N-dealkylation sites (tertiary alicyclic amines) is 1. The predicted molar refractivity (Wildman–Crippen MR) is 70.5 cm³/mol. The maximum atomic E-state index is 12.1. The van der Waals surface area contributed by atoms with E-state index in [1.54, 1.807) is 0 Å². The van der Waals surface area contributed by atoms with Crippen LogP contribution in [0.4, 0.5) is 0 Å². The van der Waals surface area contributed by atoms with Crippen LogP contribution in [0.15, 0.2) is 30.3 Å². The van der Waals surface area contributed by atoms with Gasteiger partial charge in [0, 0.05) is 11.3 Å². The summed E-state index contributed by atoms with van der Waals surface area (Å²) in [5.74, 6) is -1.18. The first kappa shape index (κ1) is 12.7. The van der Waals surface area contributed by atoms with Crippen molar-refractivity contribution in [1.82, 2.24) is 4.90 Å². The van der Waals surface area contributed by atoms with Crippen LogP contribution in [0.25, 0.3) is 0 Å². The topological polar surface area (TPSA) is 57.6 Å². The van der Waals surface area contributed by atoms with E-state index in [0.29, 0.717) is 4.86 Å². The van der Waals surface area contributed by atoms with E-state index in [-0.39, 0.29) is 25.3 Å². The van der Waals surface area contributed by atoms with Gasteiger partial charge in [0.15, 0.2) is 0 Å². The van der Waals surface area contributed by atoms with Crippen LogP contribution in [-0.2, 0) is 16.0 Å².